The number of hydrazine groups is 1. The number of nitrogens with one attached hydrogen (secondary N) is 2. The molecule has 1 aliphatic rings. The van der Waals surface area contributed by atoms with Crippen LogP contribution in [-0.4, -0.2) is 23.8 Å². The molecule has 0 fully saturated rings. The molecule has 4 aromatic carbocycles. The number of carbonyl (C=O) groups is 1. The highest BCUT2D eigenvalue weighted by Crippen LogP contribution is 2.32. The molecule has 0 bridgehead atoms. The number of nitrogens with zero attached hydrogens (tertiary/aromatic N) is 2. The molecule has 0 saturated carbocycles. The van der Waals surface area contributed by atoms with Crippen LogP contribution in [0.5, 0.6) is 5.75 Å². The maximum Gasteiger partial charge on any atom is 0.305 e. The van der Waals surface area contributed by atoms with Gasteiger partial charge in [0.05, 0.1) is 29.9 Å². The summed E-state index contributed by atoms with van der Waals surface area (Å²) in [6, 6.07) is 25.1. The van der Waals surface area contributed by atoms with Crippen molar-refractivity contribution in [1.82, 2.24) is 0 Å². The summed E-state index contributed by atoms with van der Waals surface area (Å²) in [4.78, 5) is 38.1. The van der Waals surface area contributed by atoms with Gasteiger partial charge in [0.15, 0.2) is 5.75 Å². The third-order valence-electron chi connectivity index (χ3n) is 6.57. The van der Waals surface area contributed by atoms with Crippen LogP contribution in [0.1, 0.15) is 37.4 Å². The first-order chi connectivity index (χ1) is 18.8. The van der Waals surface area contributed by atoms with Gasteiger partial charge in [-0.05, 0) is 55.3 Å². The Bertz CT molecular complexity index is 1530. The quantitative estimate of drug-likeness (QED) is 0.257. The van der Waals surface area contributed by atoms with Gasteiger partial charge in [-0.3, -0.25) is 24.8 Å². The predicted octanol–water partition coefficient (Wildman–Crippen LogP) is 4.51. The van der Waals surface area contributed by atoms with Gasteiger partial charge in [0.2, 0.25) is 0 Å². The molecule has 0 saturated heterocycles. The van der Waals surface area contributed by atoms with Crippen LogP contribution < -0.4 is 36.2 Å². The molecule has 200 valence electrons. The number of carboxylic acids is 1. The Kier molecular flexibility index (Phi) is 7.23. The molecule has 4 aromatic rings. The van der Waals surface area contributed by atoms with E-state index in [2.05, 4.69) is 44.9 Å². The van der Waals surface area contributed by atoms with E-state index in [0.717, 1.165) is 23.6 Å². The summed E-state index contributed by atoms with van der Waals surface area (Å²) in [5.41, 5.74) is 6.96. The molecule has 9 heteroatoms. The molecule has 1 unspecified atom stereocenters. The Morgan fingerprint density at radius 1 is 0.949 bits per heavy atom. The lowest BCUT2D eigenvalue weighted by Gasteiger charge is -2.40. The lowest BCUT2D eigenvalue weighted by atomic mass is 10.0. The molecule has 0 aromatic heterocycles. The summed E-state index contributed by atoms with van der Waals surface area (Å²) in [6.07, 6.45) is -0.576. The van der Waals surface area contributed by atoms with Gasteiger partial charge < -0.3 is 20.1 Å². The average molecular weight is 527 g/mol. The highest BCUT2D eigenvalue weighted by Gasteiger charge is 2.28. The first kappa shape index (κ1) is 25.8. The van der Waals surface area contributed by atoms with Crippen molar-refractivity contribution in [2.24, 2.45) is 0 Å². The van der Waals surface area contributed by atoms with Crippen molar-refractivity contribution in [3.8, 4) is 5.75 Å². The molecule has 0 radical (unpaired) electrons. The van der Waals surface area contributed by atoms with Gasteiger partial charge in [-0.15, -0.1) is 0 Å². The summed E-state index contributed by atoms with van der Waals surface area (Å²) in [6.45, 7) is 4.91. The zero-order valence-corrected chi connectivity index (χ0v) is 21.8. The third-order valence-corrected chi connectivity index (χ3v) is 6.57. The zero-order valence-electron chi connectivity index (χ0n) is 21.8. The second kappa shape index (κ2) is 10.9. The van der Waals surface area contributed by atoms with E-state index in [4.69, 9.17) is 4.74 Å². The third kappa shape index (κ3) is 5.57. The van der Waals surface area contributed by atoms with E-state index in [1.54, 1.807) is 13.8 Å². The Balaban J connectivity index is 1.36. The Hall–Kier alpha value is -4.79. The van der Waals surface area contributed by atoms with Gasteiger partial charge in [0.1, 0.15) is 12.4 Å². The molecule has 0 spiro atoms. The normalized spacial score (nSPS) is 13.7. The largest absolute Gasteiger partial charge is 0.485 e. The SMILES string of the molecule is CC(C)Oc1c(NC(CC(=O)O)c2ccc(NN3CN(c4ccccc4)Cc4ccccc43)cc2)c(=O)c1=O. The van der Waals surface area contributed by atoms with Gasteiger partial charge in [-0.25, -0.2) is 0 Å². The van der Waals surface area contributed by atoms with E-state index in [-0.39, 0.29) is 24.0 Å². The van der Waals surface area contributed by atoms with Crippen molar-refractivity contribution in [1.29, 1.82) is 0 Å². The first-order valence-electron chi connectivity index (χ1n) is 12.8. The van der Waals surface area contributed by atoms with Gasteiger partial charge in [-0.2, -0.15) is 0 Å². The van der Waals surface area contributed by atoms with Crippen LogP contribution in [0.3, 0.4) is 0 Å². The summed E-state index contributed by atoms with van der Waals surface area (Å²) >= 11 is 0. The van der Waals surface area contributed by atoms with Crippen LogP contribution in [0.4, 0.5) is 22.7 Å². The van der Waals surface area contributed by atoms with E-state index in [1.807, 2.05) is 54.6 Å². The van der Waals surface area contributed by atoms with E-state index in [9.17, 15) is 19.5 Å². The average Bonchev–Trinajstić information content (AvgIpc) is 2.94. The van der Waals surface area contributed by atoms with Crippen LogP contribution in [0.2, 0.25) is 0 Å². The number of fused-ring (bicyclic) bond motifs is 1. The summed E-state index contributed by atoms with van der Waals surface area (Å²) in [5.74, 6) is -1.08. The number of benzene rings is 3. The Morgan fingerprint density at radius 2 is 1.64 bits per heavy atom. The summed E-state index contributed by atoms with van der Waals surface area (Å²) < 4.78 is 5.48. The number of ether oxygens (including phenoxy) is 1. The van der Waals surface area contributed by atoms with E-state index < -0.39 is 22.9 Å². The van der Waals surface area contributed by atoms with Crippen molar-refractivity contribution in [3.63, 3.8) is 0 Å². The first-order valence-corrected chi connectivity index (χ1v) is 12.8. The molecule has 0 amide bonds. The van der Waals surface area contributed by atoms with Crippen molar-refractivity contribution >= 4 is 28.7 Å². The molecule has 3 N–H and O–H groups in total. The lowest BCUT2D eigenvalue weighted by molar-refractivity contribution is -0.137. The molecule has 0 aliphatic carbocycles. The van der Waals surface area contributed by atoms with E-state index in [1.165, 1.54) is 5.56 Å². The van der Waals surface area contributed by atoms with Crippen LogP contribution in [0.25, 0.3) is 0 Å². The van der Waals surface area contributed by atoms with Crippen molar-refractivity contribution in [3.05, 3.63) is 110 Å². The molecule has 1 atom stereocenters. The second-order valence-electron chi connectivity index (χ2n) is 9.79. The van der Waals surface area contributed by atoms with Gasteiger partial charge in [0, 0.05) is 12.2 Å². The monoisotopic (exact) mass is 526 g/mol. The molecule has 1 aliphatic heterocycles. The smallest absolute Gasteiger partial charge is 0.305 e. The molecule has 5 rings (SSSR count). The number of aliphatic carboxylic acids is 1. The minimum Gasteiger partial charge on any atom is -0.485 e. The number of para-hydroxylation sites is 2. The van der Waals surface area contributed by atoms with Crippen molar-refractivity contribution in [2.75, 3.05) is 27.3 Å². The Morgan fingerprint density at radius 3 is 2.33 bits per heavy atom. The maximum atomic E-state index is 12.2. The zero-order chi connectivity index (χ0) is 27.5. The molecular weight excluding hydrogens is 496 g/mol. The fraction of sp³-hybridized carbons (Fsp3) is 0.233. The van der Waals surface area contributed by atoms with Crippen LogP contribution >= 0.6 is 0 Å². The standard InChI is InChI=1S/C30H30N4O5/c1-19(2)39-30-27(28(37)29(30)38)31-24(16-26(35)36)20-12-14-22(15-13-20)32-34-18-33(23-9-4-3-5-10-23)17-21-8-6-7-11-25(21)34/h3-15,19,24,31-32H,16-18H2,1-2H3,(H,35,36). The van der Waals surface area contributed by atoms with Gasteiger partial charge in [-0.1, -0.05) is 48.5 Å². The van der Waals surface area contributed by atoms with Crippen molar-refractivity contribution < 1.29 is 14.6 Å². The molecule has 39 heavy (non-hydrogen) atoms. The number of carboxylic acid groups (broad SMARTS) is 1. The van der Waals surface area contributed by atoms with Crippen LogP contribution in [0, 0.1) is 0 Å². The number of hydrogen-bond acceptors (Lipinski definition) is 8. The number of hydrogen-bond donors (Lipinski definition) is 3. The van der Waals surface area contributed by atoms with E-state index >= 15 is 0 Å². The molecule has 1 heterocycles. The number of anilines is 4. The van der Waals surface area contributed by atoms with Crippen LogP contribution in [0.15, 0.2) is 88.5 Å². The number of rotatable bonds is 10. The Labute approximate surface area is 225 Å². The predicted molar refractivity (Wildman–Crippen MR) is 152 cm³/mol. The molecular formula is C30H30N4O5. The highest BCUT2D eigenvalue weighted by molar-refractivity contribution is 5.71. The fourth-order valence-electron chi connectivity index (χ4n) is 4.71. The van der Waals surface area contributed by atoms with Crippen molar-refractivity contribution in [2.45, 2.75) is 39.0 Å². The minimum atomic E-state index is -1.04. The molecule has 9 nitrogen and oxygen atoms in total. The van der Waals surface area contributed by atoms with Crippen LogP contribution in [-0.2, 0) is 11.3 Å². The van der Waals surface area contributed by atoms with Gasteiger partial charge >= 0.3 is 5.97 Å². The fourth-order valence-corrected chi connectivity index (χ4v) is 4.71. The topological polar surface area (TPSA) is 111 Å². The maximum absolute atomic E-state index is 12.2. The minimum absolute atomic E-state index is 0.0214. The van der Waals surface area contributed by atoms with Gasteiger partial charge in [0.25, 0.3) is 10.9 Å². The van der Waals surface area contributed by atoms with E-state index in [0.29, 0.717) is 12.2 Å². The lowest BCUT2D eigenvalue weighted by Crippen LogP contribution is -2.45. The summed E-state index contributed by atoms with van der Waals surface area (Å²) in [7, 11) is 0. The second-order valence-corrected chi connectivity index (χ2v) is 9.79. The summed E-state index contributed by atoms with van der Waals surface area (Å²) in [5, 5.41) is 14.5. The highest BCUT2D eigenvalue weighted by atomic mass is 16.5.